The van der Waals surface area contributed by atoms with Gasteiger partial charge < -0.3 is 0 Å². The van der Waals surface area contributed by atoms with E-state index in [1.165, 1.54) is 18.4 Å². The van der Waals surface area contributed by atoms with E-state index in [1.807, 2.05) is 0 Å². The summed E-state index contributed by atoms with van der Waals surface area (Å²) in [6.45, 7) is 2.32. The summed E-state index contributed by atoms with van der Waals surface area (Å²) >= 11 is 0. The van der Waals surface area contributed by atoms with E-state index in [4.69, 9.17) is 5.84 Å². The van der Waals surface area contributed by atoms with Gasteiger partial charge in [0.05, 0.1) is 0 Å². The second-order valence-electron chi connectivity index (χ2n) is 4.90. The second-order valence-corrected chi connectivity index (χ2v) is 4.90. The molecule has 2 nitrogen and oxygen atoms in total. The molecule has 0 aliphatic heterocycles. The fourth-order valence-corrected chi connectivity index (χ4v) is 2.13. The molecule has 1 aromatic carbocycles. The van der Waals surface area contributed by atoms with Gasteiger partial charge in [0.2, 0.25) is 0 Å². The quantitative estimate of drug-likeness (QED) is 0.570. The van der Waals surface area contributed by atoms with E-state index < -0.39 is 0 Å². The SMILES string of the molecule is CC1(C(CCc2ccccc2)NN)CC1. The van der Waals surface area contributed by atoms with Gasteiger partial charge in [-0.05, 0) is 36.7 Å². The largest absolute Gasteiger partial charge is 0.271 e. The van der Waals surface area contributed by atoms with E-state index in [-0.39, 0.29) is 0 Å². The Bertz CT molecular complexity index is 304. The Kier molecular flexibility index (Phi) is 3.08. The third-order valence-electron chi connectivity index (χ3n) is 3.65. The first-order chi connectivity index (χ1) is 7.24. The predicted molar refractivity (Wildman–Crippen MR) is 63.2 cm³/mol. The molecule has 1 aromatic rings. The smallest absolute Gasteiger partial charge is 0.0267 e. The molecule has 1 aliphatic carbocycles. The van der Waals surface area contributed by atoms with Crippen LogP contribution in [0.4, 0.5) is 0 Å². The highest BCUT2D eigenvalue weighted by atomic mass is 15.2. The number of hydrazine groups is 1. The summed E-state index contributed by atoms with van der Waals surface area (Å²) in [5, 5.41) is 0. The first-order valence-corrected chi connectivity index (χ1v) is 5.75. The van der Waals surface area contributed by atoms with Crippen LogP contribution in [-0.2, 0) is 6.42 Å². The van der Waals surface area contributed by atoms with E-state index in [1.54, 1.807) is 0 Å². The Labute approximate surface area is 91.8 Å². The zero-order valence-corrected chi connectivity index (χ0v) is 9.37. The van der Waals surface area contributed by atoms with Crippen molar-refractivity contribution in [3.8, 4) is 0 Å². The highest BCUT2D eigenvalue weighted by Crippen LogP contribution is 2.49. The first-order valence-electron chi connectivity index (χ1n) is 5.75. The molecule has 0 bridgehead atoms. The molecule has 15 heavy (non-hydrogen) atoms. The van der Waals surface area contributed by atoms with Gasteiger partial charge >= 0.3 is 0 Å². The molecule has 82 valence electrons. The lowest BCUT2D eigenvalue weighted by Crippen LogP contribution is -2.41. The van der Waals surface area contributed by atoms with Gasteiger partial charge in [0.15, 0.2) is 0 Å². The fourth-order valence-electron chi connectivity index (χ4n) is 2.13. The third kappa shape index (κ3) is 2.58. The zero-order chi connectivity index (χ0) is 10.7. The van der Waals surface area contributed by atoms with Gasteiger partial charge in [0.25, 0.3) is 0 Å². The van der Waals surface area contributed by atoms with Crippen LogP contribution in [0.25, 0.3) is 0 Å². The molecule has 1 fully saturated rings. The van der Waals surface area contributed by atoms with Gasteiger partial charge in [-0.2, -0.15) is 0 Å². The number of benzene rings is 1. The maximum Gasteiger partial charge on any atom is 0.0267 e. The van der Waals surface area contributed by atoms with Crippen LogP contribution in [-0.4, -0.2) is 6.04 Å². The Balaban J connectivity index is 1.87. The van der Waals surface area contributed by atoms with E-state index in [0.717, 1.165) is 12.8 Å². The molecular weight excluding hydrogens is 184 g/mol. The van der Waals surface area contributed by atoms with Crippen molar-refractivity contribution in [3.05, 3.63) is 35.9 Å². The molecular formula is C13H20N2. The van der Waals surface area contributed by atoms with Gasteiger partial charge in [-0.15, -0.1) is 0 Å². The number of aryl methyl sites for hydroxylation is 1. The maximum atomic E-state index is 5.61. The van der Waals surface area contributed by atoms with Crippen LogP contribution in [0.1, 0.15) is 31.7 Å². The molecule has 0 radical (unpaired) electrons. The number of hydrogen-bond acceptors (Lipinski definition) is 2. The van der Waals surface area contributed by atoms with Crippen LogP contribution < -0.4 is 11.3 Å². The van der Waals surface area contributed by atoms with Gasteiger partial charge in [0.1, 0.15) is 0 Å². The van der Waals surface area contributed by atoms with Crippen LogP contribution >= 0.6 is 0 Å². The second kappa shape index (κ2) is 4.33. The molecule has 0 aromatic heterocycles. The van der Waals surface area contributed by atoms with Crippen molar-refractivity contribution in [3.63, 3.8) is 0 Å². The normalized spacial score (nSPS) is 19.9. The highest BCUT2D eigenvalue weighted by Gasteiger charge is 2.43. The average molecular weight is 204 g/mol. The number of nitrogens with one attached hydrogen (secondary N) is 1. The van der Waals surface area contributed by atoms with Crippen molar-refractivity contribution >= 4 is 0 Å². The molecule has 2 rings (SSSR count). The fraction of sp³-hybridized carbons (Fsp3) is 0.538. The topological polar surface area (TPSA) is 38.0 Å². The molecule has 1 aliphatic rings. The van der Waals surface area contributed by atoms with Crippen LogP contribution in [0, 0.1) is 5.41 Å². The summed E-state index contributed by atoms with van der Waals surface area (Å²) in [7, 11) is 0. The molecule has 1 atom stereocenters. The highest BCUT2D eigenvalue weighted by molar-refractivity contribution is 5.15. The van der Waals surface area contributed by atoms with Gasteiger partial charge in [-0.1, -0.05) is 37.3 Å². The summed E-state index contributed by atoms with van der Waals surface area (Å²) in [5.74, 6) is 5.61. The average Bonchev–Trinajstić information content (AvgIpc) is 3.00. The standard InChI is InChI=1S/C13H20N2/c1-13(9-10-13)12(15-14)8-7-11-5-3-2-4-6-11/h2-6,12,15H,7-10,14H2,1H3. The van der Waals surface area contributed by atoms with Gasteiger partial charge in [0, 0.05) is 6.04 Å². The molecule has 1 unspecified atom stereocenters. The summed E-state index contributed by atoms with van der Waals surface area (Å²) in [6, 6.07) is 11.1. The summed E-state index contributed by atoms with van der Waals surface area (Å²) in [4.78, 5) is 0. The number of rotatable bonds is 5. The van der Waals surface area contributed by atoms with E-state index >= 15 is 0 Å². The third-order valence-corrected chi connectivity index (χ3v) is 3.65. The minimum absolute atomic E-state index is 0.462. The number of hydrogen-bond donors (Lipinski definition) is 2. The Morgan fingerprint density at radius 2 is 2.00 bits per heavy atom. The zero-order valence-electron chi connectivity index (χ0n) is 9.37. The Morgan fingerprint density at radius 3 is 2.53 bits per heavy atom. The van der Waals surface area contributed by atoms with Crippen LogP contribution in [0.5, 0.6) is 0 Å². The molecule has 2 heteroatoms. The summed E-state index contributed by atoms with van der Waals surface area (Å²) in [6.07, 6.45) is 4.88. The van der Waals surface area contributed by atoms with Gasteiger partial charge in [-0.3, -0.25) is 11.3 Å². The van der Waals surface area contributed by atoms with E-state index in [9.17, 15) is 0 Å². The van der Waals surface area contributed by atoms with Crippen molar-refractivity contribution in [1.82, 2.24) is 5.43 Å². The minimum Gasteiger partial charge on any atom is -0.271 e. The molecule has 0 heterocycles. The molecule has 3 N–H and O–H groups in total. The van der Waals surface area contributed by atoms with Crippen LogP contribution in [0.3, 0.4) is 0 Å². The predicted octanol–water partition coefficient (Wildman–Crippen LogP) is 2.25. The lowest BCUT2D eigenvalue weighted by Gasteiger charge is -2.22. The van der Waals surface area contributed by atoms with Crippen molar-refractivity contribution in [2.45, 2.75) is 38.6 Å². The van der Waals surface area contributed by atoms with Crippen molar-refractivity contribution < 1.29 is 0 Å². The van der Waals surface area contributed by atoms with E-state index in [2.05, 4.69) is 42.7 Å². The summed E-state index contributed by atoms with van der Waals surface area (Å²) < 4.78 is 0. The van der Waals surface area contributed by atoms with Crippen molar-refractivity contribution in [1.29, 1.82) is 0 Å². The lowest BCUT2D eigenvalue weighted by atomic mass is 9.93. The van der Waals surface area contributed by atoms with Crippen molar-refractivity contribution in [2.24, 2.45) is 11.3 Å². The maximum absolute atomic E-state index is 5.61. The monoisotopic (exact) mass is 204 g/mol. The van der Waals surface area contributed by atoms with Crippen LogP contribution in [0.15, 0.2) is 30.3 Å². The first kappa shape index (κ1) is 10.7. The van der Waals surface area contributed by atoms with Crippen molar-refractivity contribution in [2.75, 3.05) is 0 Å². The lowest BCUT2D eigenvalue weighted by molar-refractivity contribution is 0.342. The van der Waals surface area contributed by atoms with E-state index in [0.29, 0.717) is 11.5 Å². The number of nitrogens with two attached hydrogens (primary N) is 1. The molecule has 0 saturated heterocycles. The molecule has 0 spiro atoms. The molecule has 0 amide bonds. The molecule has 1 saturated carbocycles. The summed E-state index contributed by atoms with van der Waals surface area (Å²) in [5.41, 5.74) is 4.84. The minimum atomic E-state index is 0.462. The Morgan fingerprint density at radius 1 is 1.33 bits per heavy atom. The van der Waals surface area contributed by atoms with Crippen LogP contribution in [0.2, 0.25) is 0 Å². The van der Waals surface area contributed by atoms with Gasteiger partial charge in [-0.25, -0.2) is 0 Å². The Hall–Kier alpha value is -0.860.